The van der Waals surface area contributed by atoms with E-state index in [0.29, 0.717) is 5.92 Å². The lowest BCUT2D eigenvalue weighted by Crippen LogP contribution is -2.56. The topological polar surface area (TPSA) is 86.7 Å². The number of aliphatic imine (C=N–C) groups is 1. The van der Waals surface area contributed by atoms with Crippen LogP contribution in [0.4, 0.5) is 0 Å². The zero-order valence-electron chi connectivity index (χ0n) is 16.8. The lowest BCUT2D eigenvalue weighted by molar-refractivity contribution is 0.195. The number of piperidine rings is 1. The average molecular weight is 418 g/mol. The minimum absolute atomic E-state index is 0.0494. The van der Waals surface area contributed by atoms with Crippen LogP contribution >= 0.6 is 0 Å². The molecule has 0 aromatic carbocycles. The van der Waals surface area contributed by atoms with E-state index in [9.17, 15) is 8.42 Å². The lowest BCUT2D eigenvalue weighted by Gasteiger charge is -2.39. The maximum atomic E-state index is 13.6. The molecule has 2 aliphatic carbocycles. The van der Waals surface area contributed by atoms with Gasteiger partial charge in [-0.2, -0.15) is 4.31 Å². The van der Waals surface area contributed by atoms with Gasteiger partial charge in [-0.15, -0.1) is 0 Å². The molecule has 2 N–H and O–H groups in total. The molecule has 0 radical (unpaired) electrons. The summed E-state index contributed by atoms with van der Waals surface area (Å²) in [4.78, 5) is 8.95. The number of hydrogen-bond acceptors (Lipinski definition) is 6. The zero-order valence-corrected chi connectivity index (χ0v) is 17.7. The van der Waals surface area contributed by atoms with Crippen LogP contribution in [-0.2, 0) is 16.4 Å². The second kappa shape index (κ2) is 7.96. The van der Waals surface area contributed by atoms with Crippen LogP contribution in [-0.4, -0.2) is 47.0 Å². The van der Waals surface area contributed by atoms with Gasteiger partial charge < -0.3 is 5.43 Å². The Kier molecular flexibility index (Phi) is 5.34. The minimum atomic E-state index is -3.26. The largest absolute Gasteiger partial charge is 0.308 e. The summed E-state index contributed by atoms with van der Waals surface area (Å²) in [6, 6.07) is 4.17. The fourth-order valence-electron chi connectivity index (χ4n) is 5.78. The predicted octanol–water partition coefficient (Wildman–Crippen LogP) is 2.36. The Balaban J connectivity index is 1.32. The molecule has 1 aromatic rings. The molecule has 2 saturated carbocycles. The van der Waals surface area contributed by atoms with Gasteiger partial charge in [-0.3, -0.25) is 4.98 Å². The Morgan fingerprint density at radius 2 is 1.83 bits per heavy atom. The van der Waals surface area contributed by atoms with Crippen molar-refractivity contribution in [2.75, 3.05) is 0 Å². The van der Waals surface area contributed by atoms with Crippen LogP contribution in [0.2, 0.25) is 0 Å². The predicted molar refractivity (Wildman–Crippen MR) is 113 cm³/mol. The SMILES string of the molecule is O=S(=O)(C1CCCCC1)N1[C@@H]2CC[C@@H](C2)[C@H]1C1N=C(CCc2ccncc2)NN1. The van der Waals surface area contributed by atoms with Gasteiger partial charge in [0.15, 0.2) is 0 Å². The summed E-state index contributed by atoms with van der Waals surface area (Å²) in [6.07, 6.45) is 13.1. The van der Waals surface area contributed by atoms with Crippen LogP contribution in [0.15, 0.2) is 29.5 Å². The Bertz CT molecular complexity index is 853. The molecule has 4 atom stereocenters. The first kappa shape index (κ1) is 19.5. The van der Waals surface area contributed by atoms with Gasteiger partial charge in [-0.1, -0.05) is 19.3 Å². The van der Waals surface area contributed by atoms with Crippen LogP contribution < -0.4 is 10.9 Å². The molecule has 1 saturated heterocycles. The van der Waals surface area contributed by atoms with Crippen molar-refractivity contribution >= 4 is 15.9 Å². The number of pyridine rings is 1. The summed E-state index contributed by atoms with van der Waals surface area (Å²) in [6.45, 7) is 0. The molecule has 2 bridgehead atoms. The molecule has 8 heteroatoms. The fraction of sp³-hybridized carbons (Fsp3) is 0.714. The summed E-state index contributed by atoms with van der Waals surface area (Å²) in [5.74, 6) is 1.34. The molecule has 1 unspecified atom stereocenters. The molecule has 0 amide bonds. The van der Waals surface area contributed by atoms with E-state index in [-0.39, 0.29) is 23.5 Å². The van der Waals surface area contributed by atoms with Gasteiger partial charge >= 0.3 is 0 Å². The standard InChI is InChI=1S/C21H31N5O2S/c27-29(28,18-4-2-1-3-5-18)26-17-8-7-16(14-17)20(26)21-23-19(24-25-21)9-6-15-10-12-22-13-11-15/h10-13,16-18,20-21,25H,1-9,14H2,(H,23,24)/t16-,17+,20-,21?/m0/s1. The van der Waals surface area contributed by atoms with Gasteiger partial charge in [-0.05, 0) is 62.1 Å². The first-order chi connectivity index (χ1) is 14.1. The molecule has 3 fully saturated rings. The summed E-state index contributed by atoms with van der Waals surface area (Å²) in [5, 5.41) is -0.192. The van der Waals surface area contributed by atoms with Crippen molar-refractivity contribution in [3.8, 4) is 0 Å². The van der Waals surface area contributed by atoms with Crippen LogP contribution in [0.25, 0.3) is 0 Å². The molecule has 158 valence electrons. The molecule has 7 nitrogen and oxygen atoms in total. The number of rotatable bonds is 6. The number of fused-ring (bicyclic) bond motifs is 2. The molecule has 1 aromatic heterocycles. The summed E-state index contributed by atoms with van der Waals surface area (Å²) < 4.78 is 29.0. The van der Waals surface area contributed by atoms with Crippen LogP contribution in [0, 0.1) is 5.92 Å². The molecular formula is C21H31N5O2S. The van der Waals surface area contributed by atoms with Gasteiger partial charge in [0.05, 0.1) is 11.3 Å². The first-order valence-corrected chi connectivity index (χ1v) is 12.6. The van der Waals surface area contributed by atoms with Gasteiger partial charge in [-0.25, -0.2) is 18.8 Å². The van der Waals surface area contributed by atoms with Crippen molar-refractivity contribution < 1.29 is 8.42 Å². The Morgan fingerprint density at radius 3 is 2.62 bits per heavy atom. The van der Waals surface area contributed by atoms with E-state index in [1.165, 1.54) is 12.0 Å². The average Bonchev–Trinajstić information content (AvgIpc) is 3.49. The Morgan fingerprint density at radius 1 is 1.03 bits per heavy atom. The molecule has 0 spiro atoms. The Hall–Kier alpha value is -1.51. The number of nitrogens with zero attached hydrogens (tertiary/aromatic N) is 3. The number of hydrogen-bond donors (Lipinski definition) is 2. The fourth-order valence-corrected chi connectivity index (χ4v) is 8.29. The molecule has 5 rings (SSSR count). The van der Waals surface area contributed by atoms with Crippen molar-refractivity contribution in [1.82, 2.24) is 20.1 Å². The van der Waals surface area contributed by atoms with Gasteiger partial charge in [0, 0.05) is 24.9 Å². The summed E-state index contributed by atoms with van der Waals surface area (Å²) in [5.41, 5.74) is 7.76. The highest BCUT2D eigenvalue weighted by molar-refractivity contribution is 7.89. The van der Waals surface area contributed by atoms with E-state index in [1.807, 2.05) is 28.8 Å². The van der Waals surface area contributed by atoms with E-state index in [4.69, 9.17) is 4.99 Å². The van der Waals surface area contributed by atoms with Gasteiger partial charge in [0.2, 0.25) is 10.0 Å². The van der Waals surface area contributed by atoms with E-state index < -0.39 is 10.0 Å². The van der Waals surface area contributed by atoms with Crippen molar-refractivity contribution in [2.24, 2.45) is 10.9 Å². The summed E-state index contributed by atoms with van der Waals surface area (Å²) >= 11 is 0. The second-order valence-corrected chi connectivity index (χ2v) is 11.1. The third-order valence-electron chi connectivity index (χ3n) is 7.23. The highest BCUT2D eigenvalue weighted by Gasteiger charge is 2.55. The molecular weight excluding hydrogens is 386 g/mol. The van der Waals surface area contributed by atoms with Crippen LogP contribution in [0.3, 0.4) is 0 Å². The number of sulfonamides is 1. The van der Waals surface area contributed by atoms with Gasteiger partial charge in [0.25, 0.3) is 0 Å². The molecule has 29 heavy (non-hydrogen) atoms. The highest BCUT2D eigenvalue weighted by Crippen LogP contribution is 2.47. The van der Waals surface area contributed by atoms with Gasteiger partial charge in [0.1, 0.15) is 12.0 Å². The molecule has 4 aliphatic rings. The minimum Gasteiger partial charge on any atom is -0.308 e. The van der Waals surface area contributed by atoms with E-state index in [0.717, 1.165) is 63.6 Å². The van der Waals surface area contributed by atoms with Crippen molar-refractivity contribution in [3.05, 3.63) is 30.1 Å². The van der Waals surface area contributed by atoms with Crippen molar-refractivity contribution in [2.45, 2.75) is 87.7 Å². The summed E-state index contributed by atoms with van der Waals surface area (Å²) in [7, 11) is -3.26. The molecule has 3 heterocycles. The highest BCUT2D eigenvalue weighted by atomic mass is 32.2. The monoisotopic (exact) mass is 417 g/mol. The quantitative estimate of drug-likeness (QED) is 0.742. The van der Waals surface area contributed by atoms with E-state index in [1.54, 1.807) is 0 Å². The Labute approximate surface area is 173 Å². The second-order valence-electron chi connectivity index (χ2n) is 9.00. The number of hydrazine groups is 1. The molecule has 2 aliphatic heterocycles. The third kappa shape index (κ3) is 3.70. The number of aromatic nitrogens is 1. The van der Waals surface area contributed by atoms with E-state index >= 15 is 0 Å². The maximum absolute atomic E-state index is 13.6. The van der Waals surface area contributed by atoms with E-state index in [2.05, 4.69) is 15.8 Å². The van der Waals surface area contributed by atoms with Crippen LogP contribution in [0.1, 0.15) is 63.4 Å². The first-order valence-electron chi connectivity index (χ1n) is 11.1. The lowest BCUT2D eigenvalue weighted by atomic mass is 9.98. The zero-order chi connectivity index (χ0) is 19.8. The number of nitrogens with one attached hydrogen (secondary N) is 2. The van der Waals surface area contributed by atoms with Crippen molar-refractivity contribution in [1.29, 1.82) is 0 Å². The maximum Gasteiger partial charge on any atom is 0.217 e. The smallest absolute Gasteiger partial charge is 0.217 e. The van der Waals surface area contributed by atoms with Crippen molar-refractivity contribution in [3.63, 3.8) is 0 Å². The number of amidine groups is 1. The number of aryl methyl sites for hydroxylation is 1. The van der Waals surface area contributed by atoms with Crippen LogP contribution in [0.5, 0.6) is 0 Å². The third-order valence-corrected chi connectivity index (χ3v) is 9.68. The normalized spacial score (nSPS) is 33.0.